The zero-order chi connectivity index (χ0) is 12.7. The summed E-state index contributed by atoms with van der Waals surface area (Å²) in [4.78, 5) is 11.0. The molecule has 18 heavy (non-hydrogen) atoms. The van der Waals surface area contributed by atoms with Crippen LogP contribution in [0.25, 0.3) is 16.7 Å². The topological polar surface area (TPSA) is 80.9 Å². The second kappa shape index (κ2) is 3.88. The highest BCUT2D eigenvalue weighted by Gasteiger charge is 2.14. The van der Waals surface area contributed by atoms with Crippen molar-refractivity contribution in [1.82, 2.24) is 18.5 Å². The summed E-state index contributed by atoms with van der Waals surface area (Å²) in [5.41, 5.74) is 2.90. The Labute approximate surface area is 106 Å². The summed E-state index contributed by atoms with van der Waals surface area (Å²) in [7, 11) is 0. The molecule has 1 N–H and O–H groups in total. The molecule has 0 radical (unpaired) electrons. The van der Waals surface area contributed by atoms with Crippen LogP contribution in [0.4, 0.5) is 0 Å². The number of nitrogens with zero attached hydrogens (tertiary/aromatic N) is 4. The van der Waals surface area contributed by atoms with Crippen LogP contribution in [0.5, 0.6) is 0 Å². The smallest absolute Gasteiger partial charge is 0.339 e. The molecule has 0 aliphatic rings. The molecule has 0 bridgehead atoms. The van der Waals surface area contributed by atoms with Crippen molar-refractivity contribution in [1.29, 1.82) is 0 Å². The SMILES string of the molecule is Cc1nn(-c2cccc3nsnc23)cc1C(=O)O. The summed E-state index contributed by atoms with van der Waals surface area (Å²) in [6.07, 6.45) is 1.49. The van der Waals surface area contributed by atoms with Gasteiger partial charge in [0.1, 0.15) is 16.6 Å². The van der Waals surface area contributed by atoms with Gasteiger partial charge in [0, 0.05) is 6.20 Å². The maximum absolute atomic E-state index is 11.0. The number of carboxylic acids is 1. The third kappa shape index (κ3) is 1.56. The van der Waals surface area contributed by atoms with Gasteiger partial charge >= 0.3 is 5.97 Å². The standard InChI is InChI=1S/C11H8N4O2S/c1-6-7(11(16)17)5-15(12-6)9-4-2-3-8-10(9)14-18-13-8/h2-5H,1H3,(H,16,17). The molecule has 0 amide bonds. The summed E-state index contributed by atoms with van der Waals surface area (Å²) in [6.45, 7) is 1.67. The van der Waals surface area contributed by atoms with E-state index >= 15 is 0 Å². The van der Waals surface area contributed by atoms with Crippen molar-refractivity contribution in [3.8, 4) is 5.69 Å². The highest BCUT2D eigenvalue weighted by molar-refractivity contribution is 7.00. The molecule has 7 heteroatoms. The molecular weight excluding hydrogens is 252 g/mol. The normalized spacial score (nSPS) is 10.9. The lowest BCUT2D eigenvalue weighted by molar-refractivity contribution is 0.0696. The molecule has 0 fully saturated rings. The summed E-state index contributed by atoms with van der Waals surface area (Å²) in [5.74, 6) is -0.984. The Balaban J connectivity index is 2.23. The average Bonchev–Trinajstić information content (AvgIpc) is 2.94. The number of fused-ring (bicyclic) bond motifs is 1. The van der Waals surface area contributed by atoms with Gasteiger partial charge in [-0.2, -0.15) is 13.8 Å². The quantitative estimate of drug-likeness (QED) is 0.760. The third-order valence-electron chi connectivity index (χ3n) is 2.64. The molecule has 3 aromatic rings. The highest BCUT2D eigenvalue weighted by Crippen LogP contribution is 2.21. The molecule has 6 nitrogen and oxygen atoms in total. The van der Waals surface area contributed by atoms with Crippen LogP contribution in [0.3, 0.4) is 0 Å². The van der Waals surface area contributed by atoms with Gasteiger partial charge in [-0.3, -0.25) is 0 Å². The molecule has 1 aromatic carbocycles. The van der Waals surface area contributed by atoms with Gasteiger partial charge in [0.15, 0.2) is 0 Å². The number of benzene rings is 1. The fraction of sp³-hybridized carbons (Fsp3) is 0.0909. The molecular formula is C11H8N4O2S. The minimum Gasteiger partial charge on any atom is -0.478 e. The summed E-state index contributed by atoms with van der Waals surface area (Å²) < 4.78 is 9.87. The predicted octanol–water partition coefficient (Wildman–Crippen LogP) is 1.88. The van der Waals surface area contributed by atoms with Crippen molar-refractivity contribution in [2.24, 2.45) is 0 Å². The summed E-state index contributed by atoms with van der Waals surface area (Å²) >= 11 is 1.12. The van der Waals surface area contributed by atoms with Crippen molar-refractivity contribution in [2.75, 3.05) is 0 Å². The van der Waals surface area contributed by atoms with E-state index in [9.17, 15) is 4.79 Å². The number of carboxylic acid groups (broad SMARTS) is 1. The van der Waals surface area contributed by atoms with E-state index in [2.05, 4.69) is 13.8 Å². The van der Waals surface area contributed by atoms with E-state index in [0.717, 1.165) is 28.4 Å². The number of rotatable bonds is 2. The first-order valence-corrected chi connectivity index (χ1v) is 5.91. The number of hydrogen-bond donors (Lipinski definition) is 1. The van der Waals surface area contributed by atoms with E-state index in [1.54, 1.807) is 6.92 Å². The van der Waals surface area contributed by atoms with Crippen molar-refractivity contribution in [3.63, 3.8) is 0 Å². The first-order valence-electron chi connectivity index (χ1n) is 5.18. The van der Waals surface area contributed by atoms with Crippen molar-refractivity contribution in [2.45, 2.75) is 6.92 Å². The highest BCUT2D eigenvalue weighted by atomic mass is 32.1. The van der Waals surface area contributed by atoms with Gasteiger partial charge in [-0.25, -0.2) is 9.48 Å². The predicted molar refractivity (Wildman–Crippen MR) is 66.2 cm³/mol. The van der Waals surface area contributed by atoms with E-state index < -0.39 is 5.97 Å². The Morgan fingerprint density at radius 3 is 2.94 bits per heavy atom. The molecule has 0 spiro atoms. The first kappa shape index (κ1) is 10.8. The van der Waals surface area contributed by atoms with E-state index in [4.69, 9.17) is 5.11 Å². The van der Waals surface area contributed by atoms with E-state index in [1.165, 1.54) is 10.9 Å². The van der Waals surface area contributed by atoms with Crippen LogP contribution in [0.1, 0.15) is 16.1 Å². The van der Waals surface area contributed by atoms with Gasteiger partial charge in [-0.15, -0.1) is 0 Å². The summed E-state index contributed by atoms with van der Waals surface area (Å²) in [5, 5.41) is 13.2. The Bertz CT molecular complexity index is 746. The minimum absolute atomic E-state index is 0.190. The van der Waals surface area contributed by atoms with Crippen LogP contribution in [0.2, 0.25) is 0 Å². The average molecular weight is 260 g/mol. The Morgan fingerprint density at radius 1 is 1.39 bits per heavy atom. The number of aromatic carboxylic acids is 1. The lowest BCUT2D eigenvalue weighted by Gasteiger charge is -2.00. The second-order valence-electron chi connectivity index (χ2n) is 3.79. The Kier molecular flexibility index (Phi) is 2.34. The zero-order valence-electron chi connectivity index (χ0n) is 9.36. The molecule has 90 valence electrons. The van der Waals surface area contributed by atoms with E-state index in [0.29, 0.717) is 5.69 Å². The third-order valence-corrected chi connectivity index (χ3v) is 3.18. The van der Waals surface area contributed by atoms with E-state index in [-0.39, 0.29) is 5.56 Å². The molecule has 0 aliphatic carbocycles. The number of aromatic nitrogens is 4. The maximum atomic E-state index is 11.0. The van der Waals surface area contributed by atoms with Gasteiger partial charge in [-0.1, -0.05) is 6.07 Å². The Hall–Kier alpha value is -2.28. The second-order valence-corrected chi connectivity index (χ2v) is 4.32. The molecule has 2 heterocycles. The fourth-order valence-electron chi connectivity index (χ4n) is 1.77. The van der Waals surface area contributed by atoms with Crippen LogP contribution in [0.15, 0.2) is 24.4 Å². The van der Waals surface area contributed by atoms with Crippen molar-refractivity contribution in [3.05, 3.63) is 35.7 Å². The number of hydrogen-bond acceptors (Lipinski definition) is 5. The zero-order valence-corrected chi connectivity index (χ0v) is 10.2. The first-order chi connectivity index (χ1) is 8.66. The van der Waals surface area contributed by atoms with E-state index in [1.807, 2.05) is 18.2 Å². The van der Waals surface area contributed by atoms with Gasteiger partial charge in [0.05, 0.1) is 23.1 Å². The maximum Gasteiger partial charge on any atom is 0.339 e. The lowest BCUT2D eigenvalue weighted by atomic mass is 10.2. The lowest BCUT2D eigenvalue weighted by Crippen LogP contribution is -1.96. The van der Waals surface area contributed by atoms with Crippen LogP contribution < -0.4 is 0 Å². The van der Waals surface area contributed by atoms with Crippen LogP contribution in [0, 0.1) is 6.92 Å². The monoisotopic (exact) mass is 260 g/mol. The van der Waals surface area contributed by atoms with Crippen molar-refractivity contribution < 1.29 is 9.90 Å². The molecule has 0 saturated heterocycles. The summed E-state index contributed by atoms with van der Waals surface area (Å²) in [6, 6.07) is 5.54. The molecule has 0 unspecified atom stereocenters. The fourth-order valence-corrected chi connectivity index (χ4v) is 2.32. The molecule has 3 rings (SSSR count). The largest absolute Gasteiger partial charge is 0.478 e. The van der Waals surface area contributed by atoms with Crippen LogP contribution in [-0.4, -0.2) is 29.6 Å². The Morgan fingerprint density at radius 2 is 2.22 bits per heavy atom. The molecule has 0 atom stereocenters. The minimum atomic E-state index is -0.984. The van der Waals surface area contributed by atoms with Crippen molar-refractivity contribution >= 4 is 28.7 Å². The van der Waals surface area contributed by atoms with Gasteiger partial charge < -0.3 is 5.11 Å². The molecule has 0 saturated carbocycles. The molecule has 2 aromatic heterocycles. The molecule has 0 aliphatic heterocycles. The number of aryl methyl sites for hydroxylation is 1. The van der Waals surface area contributed by atoms with Gasteiger partial charge in [0.25, 0.3) is 0 Å². The van der Waals surface area contributed by atoms with Gasteiger partial charge in [-0.05, 0) is 19.1 Å². The van der Waals surface area contributed by atoms with Crippen LogP contribution in [-0.2, 0) is 0 Å². The number of carbonyl (C=O) groups is 1. The van der Waals surface area contributed by atoms with Gasteiger partial charge in [0.2, 0.25) is 0 Å². The van der Waals surface area contributed by atoms with Crippen LogP contribution >= 0.6 is 11.7 Å².